The van der Waals surface area contributed by atoms with E-state index in [4.69, 9.17) is 23.2 Å². The van der Waals surface area contributed by atoms with Crippen LogP contribution in [0.1, 0.15) is 19.8 Å². The molecular weight excluding hydrogens is 211 g/mol. The second kappa shape index (κ2) is 4.16. The third-order valence-corrected chi connectivity index (χ3v) is 3.61. The van der Waals surface area contributed by atoms with Crippen LogP contribution in [0.3, 0.4) is 0 Å². The maximum Gasteiger partial charge on any atom is 0.139 e. The van der Waals surface area contributed by atoms with Crippen LogP contribution >= 0.6 is 23.2 Å². The van der Waals surface area contributed by atoms with Gasteiger partial charge < -0.3 is 5.11 Å². The fourth-order valence-corrected chi connectivity index (χ4v) is 2.50. The molecule has 2 nitrogen and oxygen atoms in total. The first kappa shape index (κ1) is 11.3. The molecule has 0 heterocycles. The van der Waals surface area contributed by atoms with E-state index in [0.717, 1.165) is 0 Å². The molecule has 4 heteroatoms. The van der Waals surface area contributed by atoms with Crippen LogP contribution < -0.4 is 0 Å². The Bertz CT molecular complexity index is 202. The Morgan fingerprint density at radius 3 is 2.38 bits per heavy atom. The van der Waals surface area contributed by atoms with Crippen LogP contribution in [0, 0.1) is 11.8 Å². The van der Waals surface area contributed by atoms with Crippen LogP contribution in [0.4, 0.5) is 0 Å². The summed E-state index contributed by atoms with van der Waals surface area (Å²) >= 11 is 11.2. The lowest BCUT2D eigenvalue weighted by molar-refractivity contribution is -0.126. The van der Waals surface area contributed by atoms with Gasteiger partial charge in [-0.05, 0) is 12.3 Å². The zero-order chi connectivity index (χ0) is 10.1. The molecule has 0 amide bonds. The summed E-state index contributed by atoms with van der Waals surface area (Å²) in [7, 11) is 0. The summed E-state index contributed by atoms with van der Waals surface area (Å²) in [6.45, 7) is 2.00. The highest BCUT2D eigenvalue weighted by Crippen LogP contribution is 2.36. The van der Waals surface area contributed by atoms with E-state index in [2.05, 4.69) is 0 Å². The molecule has 0 bridgehead atoms. The van der Waals surface area contributed by atoms with Gasteiger partial charge in [-0.3, -0.25) is 4.79 Å². The number of ketones is 1. The van der Waals surface area contributed by atoms with Crippen molar-refractivity contribution in [3.8, 4) is 0 Å². The lowest BCUT2D eigenvalue weighted by Crippen LogP contribution is -2.44. The molecule has 0 aliphatic heterocycles. The van der Waals surface area contributed by atoms with E-state index >= 15 is 0 Å². The maximum absolute atomic E-state index is 11.5. The molecule has 0 saturated heterocycles. The quantitative estimate of drug-likeness (QED) is 0.743. The fourth-order valence-electron chi connectivity index (χ4n) is 1.84. The van der Waals surface area contributed by atoms with Crippen LogP contribution in [-0.2, 0) is 4.79 Å². The van der Waals surface area contributed by atoms with Crippen molar-refractivity contribution < 1.29 is 9.90 Å². The SMILES string of the molecule is C[C@@H]1CC(=O)[C@@H](C(O)(CCl)CCl)C1. The summed E-state index contributed by atoms with van der Waals surface area (Å²) in [5.41, 5.74) is -1.20. The maximum atomic E-state index is 11.5. The lowest BCUT2D eigenvalue weighted by atomic mass is 9.88. The minimum atomic E-state index is -1.20. The highest BCUT2D eigenvalue weighted by Gasteiger charge is 2.44. The normalized spacial score (nSPS) is 29.7. The van der Waals surface area contributed by atoms with Crippen LogP contribution in [0.25, 0.3) is 0 Å². The Kier molecular flexibility index (Phi) is 3.61. The van der Waals surface area contributed by atoms with Crippen molar-refractivity contribution in [3.05, 3.63) is 0 Å². The highest BCUT2D eigenvalue weighted by atomic mass is 35.5. The minimum absolute atomic E-state index is 0.0274. The first-order valence-electron chi connectivity index (χ1n) is 4.40. The summed E-state index contributed by atoms with van der Waals surface area (Å²) in [6, 6.07) is 0. The van der Waals surface area contributed by atoms with Gasteiger partial charge in [-0.15, -0.1) is 23.2 Å². The molecule has 0 radical (unpaired) electrons. The van der Waals surface area contributed by atoms with Gasteiger partial charge >= 0.3 is 0 Å². The van der Waals surface area contributed by atoms with Crippen molar-refractivity contribution in [3.63, 3.8) is 0 Å². The second-order valence-corrected chi connectivity index (χ2v) is 4.47. The number of rotatable bonds is 3. The van der Waals surface area contributed by atoms with Gasteiger partial charge in [0.05, 0.1) is 11.8 Å². The molecule has 0 aromatic rings. The Balaban J connectivity index is 2.75. The number of Topliss-reactive ketones (excluding diaryl/α,β-unsaturated/α-hetero) is 1. The number of aliphatic hydroxyl groups is 1. The molecule has 1 rings (SSSR count). The average Bonchev–Trinajstić information content (AvgIpc) is 2.44. The average molecular weight is 225 g/mol. The van der Waals surface area contributed by atoms with E-state index < -0.39 is 5.60 Å². The first-order chi connectivity index (χ1) is 6.03. The smallest absolute Gasteiger partial charge is 0.139 e. The number of carbonyl (C=O) groups is 1. The number of hydrogen-bond acceptors (Lipinski definition) is 2. The van der Waals surface area contributed by atoms with Crippen LogP contribution in [-0.4, -0.2) is 28.3 Å². The minimum Gasteiger partial charge on any atom is -0.387 e. The number of carbonyl (C=O) groups excluding carboxylic acids is 1. The largest absolute Gasteiger partial charge is 0.387 e. The van der Waals surface area contributed by atoms with E-state index in [9.17, 15) is 9.90 Å². The Morgan fingerprint density at radius 2 is 2.08 bits per heavy atom. The van der Waals surface area contributed by atoms with Crippen molar-refractivity contribution in [2.75, 3.05) is 11.8 Å². The summed E-state index contributed by atoms with van der Waals surface area (Å²) in [4.78, 5) is 11.5. The summed E-state index contributed by atoms with van der Waals surface area (Å²) in [6.07, 6.45) is 1.25. The molecule has 1 saturated carbocycles. The van der Waals surface area contributed by atoms with Crippen LogP contribution in [0.2, 0.25) is 0 Å². The van der Waals surface area contributed by atoms with Crippen molar-refractivity contribution in [2.45, 2.75) is 25.4 Å². The zero-order valence-corrected chi connectivity index (χ0v) is 9.11. The molecule has 1 N–H and O–H groups in total. The molecule has 0 spiro atoms. The van der Waals surface area contributed by atoms with Crippen molar-refractivity contribution in [1.29, 1.82) is 0 Å². The molecule has 0 aromatic carbocycles. The van der Waals surface area contributed by atoms with Gasteiger partial charge in [0.15, 0.2) is 0 Å². The molecule has 1 aliphatic rings. The van der Waals surface area contributed by atoms with E-state index in [0.29, 0.717) is 18.8 Å². The topological polar surface area (TPSA) is 37.3 Å². The molecular formula is C9H14Cl2O2. The predicted octanol–water partition coefficient (Wildman–Crippen LogP) is 1.81. The first-order valence-corrected chi connectivity index (χ1v) is 5.47. The van der Waals surface area contributed by atoms with Gasteiger partial charge in [-0.25, -0.2) is 0 Å². The molecule has 76 valence electrons. The number of alkyl halides is 2. The number of hydrogen-bond donors (Lipinski definition) is 1. The third kappa shape index (κ3) is 2.17. The molecule has 1 fully saturated rings. The van der Waals surface area contributed by atoms with Gasteiger partial charge in [0.1, 0.15) is 11.4 Å². The van der Waals surface area contributed by atoms with Gasteiger partial charge in [-0.2, -0.15) is 0 Å². The molecule has 2 atom stereocenters. The van der Waals surface area contributed by atoms with Crippen LogP contribution in [0.15, 0.2) is 0 Å². The highest BCUT2D eigenvalue weighted by molar-refractivity contribution is 6.22. The molecule has 1 aliphatic carbocycles. The fraction of sp³-hybridized carbons (Fsp3) is 0.889. The number of halogens is 2. The van der Waals surface area contributed by atoms with Crippen LogP contribution in [0.5, 0.6) is 0 Å². The summed E-state index contributed by atoms with van der Waals surface area (Å²) < 4.78 is 0. The Hall–Kier alpha value is 0.210. The van der Waals surface area contributed by atoms with E-state index in [-0.39, 0.29) is 23.5 Å². The molecule has 0 unspecified atom stereocenters. The third-order valence-electron chi connectivity index (χ3n) is 2.69. The lowest BCUT2D eigenvalue weighted by Gasteiger charge is -2.28. The monoisotopic (exact) mass is 224 g/mol. The Labute approximate surface area is 88.2 Å². The predicted molar refractivity (Wildman–Crippen MR) is 53.3 cm³/mol. The van der Waals surface area contributed by atoms with Crippen molar-refractivity contribution in [1.82, 2.24) is 0 Å². The summed E-state index contributed by atoms with van der Waals surface area (Å²) in [5, 5.41) is 9.93. The van der Waals surface area contributed by atoms with Gasteiger partial charge in [0, 0.05) is 12.3 Å². The molecule has 0 aromatic heterocycles. The van der Waals surface area contributed by atoms with Gasteiger partial charge in [0.2, 0.25) is 0 Å². The van der Waals surface area contributed by atoms with Crippen molar-refractivity contribution >= 4 is 29.0 Å². The van der Waals surface area contributed by atoms with Crippen molar-refractivity contribution in [2.24, 2.45) is 11.8 Å². The Morgan fingerprint density at radius 1 is 1.54 bits per heavy atom. The van der Waals surface area contributed by atoms with Gasteiger partial charge in [0.25, 0.3) is 0 Å². The van der Waals surface area contributed by atoms with Gasteiger partial charge in [-0.1, -0.05) is 6.92 Å². The zero-order valence-electron chi connectivity index (χ0n) is 7.59. The summed E-state index contributed by atoms with van der Waals surface area (Å²) in [5.74, 6) is 0.128. The van der Waals surface area contributed by atoms with E-state index in [1.165, 1.54) is 0 Å². The van der Waals surface area contributed by atoms with E-state index in [1.807, 2.05) is 6.92 Å². The standard InChI is InChI=1S/C9H14Cl2O2/c1-6-2-7(8(12)3-6)9(13,4-10)5-11/h6-7,13H,2-5H2,1H3/t6-,7-/m0/s1. The van der Waals surface area contributed by atoms with E-state index in [1.54, 1.807) is 0 Å². The second-order valence-electron chi connectivity index (χ2n) is 3.93. The molecule has 13 heavy (non-hydrogen) atoms.